The molecule has 0 spiro atoms. The average molecular weight is 281 g/mol. The quantitative estimate of drug-likeness (QED) is 0.434. The van der Waals surface area contributed by atoms with Crippen molar-refractivity contribution >= 4 is 0 Å². The van der Waals surface area contributed by atoms with Crippen molar-refractivity contribution in [1.82, 2.24) is 0 Å². The number of rotatable bonds is 1. The smallest absolute Gasteiger partial charge is 0.0620 e. The van der Waals surface area contributed by atoms with Gasteiger partial charge >= 0.3 is 0 Å². The van der Waals surface area contributed by atoms with Gasteiger partial charge < -0.3 is 0 Å². The van der Waals surface area contributed by atoms with E-state index in [9.17, 15) is 0 Å². The monoisotopic (exact) mass is 281 g/mol. The van der Waals surface area contributed by atoms with E-state index in [4.69, 9.17) is 15.1 Å². The Morgan fingerprint density at radius 1 is 0.714 bits per heavy atom. The predicted octanol–water partition coefficient (Wildman–Crippen LogP) is 5.46. The molecule has 0 saturated carbocycles. The Morgan fingerprint density at radius 3 is 2.24 bits per heavy atom. The van der Waals surface area contributed by atoms with Crippen LogP contribution in [0.2, 0.25) is 0 Å². The zero-order chi connectivity index (χ0) is 24.0. The fourth-order valence-electron chi connectivity index (χ4n) is 2.78. The number of hydrogen-bond donors (Lipinski definition) is 0. The lowest BCUT2D eigenvalue weighted by Crippen LogP contribution is -2.01. The van der Waals surface area contributed by atoms with Gasteiger partial charge in [0, 0.05) is 5.92 Å². The van der Waals surface area contributed by atoms with Gasteiger partial charge in [0.2, 0.25) is 0 Å². The van der Waals surface area contributed by atoms with Crippen LogP contribution >= 0.6 is 0 Å². The van der Waals surface area contributed by atoms with Gasteiger partial charge in [0.15, 0.2) is 0 Å². The highest BCUT2D eigenvalue weighted by Crippen LogP contribution is 2.48. The van der Waals surface area contributed by atoms with E-state index >= 15 is 0 Å². The molecular weight excluding hydrogens is 252 g/mol. The van der Waals surface area contributed by atoms with Gasteiger partial charge in [-0.2, -0.15) is 0 Å². The summed E-state index contributed by atoms with van der Waals surface area (Å²) in [6.07, 6.45) is 0. The van der Waals surface area contributed by atoms with Crippen LogP contribution in [0.4, 0.5) is 0 Å². The molecule has 3 aromatic rings. The fourth-order valence-corrected chi connectivity index (χ4v) is 2.78. The first-order valence-electron chi connectivity index (χ1n) is 12.1. The Kier molecular flexibility index (Phi) is 1.19. The molecule has 0 heteroatoms. The van der Waals surface area contributed by atoms with Gasteiger partial charge in [-0.1, -0.05) is 72.0 Å². The molecule has 1 aliphatic carbocycles. The summed E-state index contributed by atoms with van der Waals surface area (Å²) >= 11 is 0. The molecule has 4 rings (SSSR count). The van der Waals surface area contributed by atoms with Crippen LogP contribution in [0.15, 0.2) is 66.5 Å². The Balaban J connectivity index is 2.31. The van der Waals surface area contributed by atoms with Crippen LogP contribution in [0.3, 0.4) is 0 Å². The van der Waals surface area contributed by atoms with Gasteiger partial charge in [0.05, 0.1) is 15.1 Å². The van der Waals surface area contributed by atoms with Gasteiger partial charge in [0.25, 0.3) is 0 Å². The van der Waals surface area contributed by atoms with Crippen molar-refractivity contribution in [1.29, 1.82) is 0 Å². The van der Waals surface area contributed by atoms with E-state index in [0.717, 1.165) is 0 Å². The second kappa shape index (κ2) is 4.60. The first kappa shape index (κ1) is 5.46. The van der Waals surface area contributed by atoms with E-state index < -0.39 is 42.2 Å². The third-order valence-electron chi connectivity index (χ3n) is 3.71. The minimum absolute atomic E-state index is 0.00908. The molecule has 0 amide bonds. The molecule has 0 N–H and O–H groups in total. The molecule has 0 radical (unpaired) electrons. The molecule has 0 saturated heterocycles. The molecule has 3 aromatic carbocycles. The molecule has 21 heavy (non-hydrogen) atoms. The maximum Gasteiger partial charge on any atom is 0.0629 e. The molecule has 102 valence electrons. The highest BCUT2D eigenvalue weighted by Gasteiger charge is 2.30. The molecule has 0 heterocycles. The van der Waals surface area contributed by atoms with E-state index in [1.54, 1.807) is 0 Å². The van der Waals surface area contributed by atoms with Crippen LogP contribution in [0.25, 0.3) is 11.1 Å². The van der Waals surface area contributed by atoms with Crippen molar-refractivity contribution in [3.05, 3.63) is 94.3 Å². The van der Waals surface area contributed by atoms with Crippen LogP contribution in [0, 0.1) is 13.8 Å². The summed E-state index contributed by atoms with van der Waals surface area (Å²) in [5.41, 5.74) is 0.779. The minimum Gasteiger partial charge on any atom is -0.0620 e. The van der Waals surface area contributed by atoms with Gasteiger partial charge in [-0.15, -0.1) is 0 Å². The van der Waals surface area contributed by atoms with Crippen molar-refractivity contribution in [2.45, 2.75) is 19.8 Å². The standard InChI is InChI=1S/C21H18/c1-14-11-12-18-17-9-5-6-10-19(17)21(20(18)13-14)16-8-4-3-7-15(16)2/h3-13,21H,1-2H3/i3D,4D,5D,6D,7D,8D,9D,10D,11D,12D,13D. The van der Waals surface area contributed by atoms with E-state index in [-0.39, 0.29) is 69.2 Å². The van der Waals surface area contributed by atoms with Crippen LogP contribution in [-0.2, 0) is 0 Å². The van der Waals surface area contributed by atoms with E-state index in [0.29, 0.717) is 0 Å². The molecule has 1 atom stereocenters. The van der Waals surface area contributed by atoms with Gasteiger partial charge in [-0.3, -0.25) is 0 Å². The number of hydrogen-bond acceptors (Lipinski definition) is 0. The maximum absolute atomic E-state index is 8.70. The van der Waals surface area contributed by atoms with Crippen molar-refractivity contribution < 1.29 is 15.1 Å². The van der Waals surface area contributed by atoms with Crippen molar-refractivity contribution in [2.24, 2.45) is 0 Å². The highest BCUT2D eigenvalue weighted by molar-refractivity contribution is 5.81. The minimum atomic E-state index is -1.10. The lowest BCUT2D eigenvalue weighted by Gasteiger charge is -2.17. The van der Waals surface area contributed by atoms with Gasteiger partial charge in [-0.25, -0.2) is 0 Å². The average Bonchev–Trinajstić information content (AvgIpc) is 3.12. The number of benzene rings is 3. The maximum atomic E-state index is 8.70. The second-order valence-electron chi connectivity index (χ2n) is 5.05. The molecular formula is C21H18. The van der Waals surface area contributed by atoms with Crippen molar-refractivity contribution in [3.8, 4) is 11.1 Å². The van der Waals surface area contributed by atoms with Crippen molar-refractivity contribution in [2.75, 3.05) is 0 Å². The lowest BCUT2D eigenvalue weighted by molar-refractivity contribution is 0.994. The van der Waals surface area contributed by atoms with E-state index in [1.165, 1.54) is 13.8 Å². The Morgan fingerprint density at radius 2 is 1.38 bits per heavy atom. The van der Waals surface area contributed by atoms with Crippen LogP contribution in [-0.4, -0.2) is 0 Å². The van der Waals surface area contributed by atoms with Crippen LogP contribution < -0.4 is 0 Å². The van der Waals surface area contributed by atoms with Crippen LogP contribution in [0.5, 0.6) is 0 Å². The SMILES string of the molecule is [2H]c1c([2H])c([2H])c(C2c3c([2H])c([2H])c([2H])c([2H])c3-c3c([2H])c([2H])c(C)c([2H])c32)c(C)c1[2H]. The summed E-state index contributed by atoms with van der Waals surface area (Å²) in [5.74, 6) is -1.10. The molecule has 0 aliphatic heterocycles. The summed E-state index contributed by atoms with van der Waals surface area (Å²) in [7, 11) is 0. The van der Waals surface area contributed by atoms with Gasteiger partial charge in [-0.05, 0) is 47.2 Å². The molecule has 0 aromatic heterocycles. The largest absolute Gasteiger partial charge is 0.0629 e. The Hall–Kier alpha value is -2.34. The summed E-state index contributed by atoms with van der Waals surface area (Å²) in [6, 6.07) is -3.98. The summed E-state index contributed by atoms with van der Waals surface area (Å²) in [6.45, 7) is 3.01. The first-order chi connectivity index (χ1) is 14.8. The predicted molar refractivity (Wildman–Crippen MR) is 88.7 cm³/mol. The summed E-state index contributed by atoms with van der Waals surface area (Å²) in [5, 5.41) is 0. The molecule has 0 nitrogen and oxygen atoms in total. The van der Waals surface area contributed by atoms with Crippen LogP contribution in [0.1, 0.15) is 48.8 Å². The third-order valence-corrected chi connectivity index (χ3v) is 3.71. The highest BCUT2D eigenvalue weighted by atomic mass is 14.3. The number of fused-ring (bicyclic) bond motifs is 3. The topological polar surface area (TPSA) is 0 Å². The summed E-state index contributed by atoms with van der Waals surface area (Å²) < 4.78 is 91.6. The lowest BCUT2D eigenvalue weighted by atomic mass is 9.86. The molecule has 0 fully saturated rings. The normalized spacial score (nSPS) is 23.0. The zero-order valence-corrected chi connectivity index (χ0v) is 11.6. The van der Waals surface area contributed by atoms with E-state index in [2.05, 4.69) is 0 Å². The Labute approximate surface area is 141 Å². The Bertz CT molecular complexity index is 1260. The second-order valence-corrected chi connectivity index (χ2v) is 5.05. The molecule has 1 aliphatic rings. The van der Waals surface area contributed by atoms with Crippen molar-refractivity contribution in [3.63, 3.8) is 0 Å². The third kappa shape index (κ3) is 1.83. The van der Waals surface area contributed by atoms with Gasteiger partial charge in [0.1, 0.15) is 0 Å². The first-order valence-corrected chi connectivity index (χ1v) is 6.62. The molecule has 1 unspecified atom stereocenters. The zero-order valence-electron chi connectivity index (χ0n) is 22.6. The molecule has 0 bridgehead atoms. The fraction of sp³-hybridized carbons (Fsp3) is 0.143. The summed E-state index contributed by atoms with van der Waals surface area (Å²) in [4.78, 5) is 0. The van der Waals surface area contributed by atoms with E-state index in [1.807, 2.05) is 0 Å².